The van der Waals surface area contributed by atoms with E-state index in [0.29, 0.717) is 12.5 Å². The average Bonchev–Trinajstić information content (AvgIpc) is 2.37. The van der Waals surface area contributed by atoms with E-state index in [1.165, 1.54) is 0 Å². The number of rotatable bonds is 5. The van der Waals surface area contributed by atoms with E-state index in [1.54, 1.807) is 0 Å². The number of nitrogens with two attached hydrogens (primary N) is 1. The first-order valence-electron chi connectivity index (χ1n) is 5.81. The molecule has 0 fully saturated rings. The zero-order valence-corrected chi connectivity index (χ0v) is 10.4. The lowest BCUT2D eigenvalue weighted by Gasteiger charge is -2.09. The van der Waals surface area contributed by atoms with Gasteiger partial charge in [0.1, 0.15) is 5.75 Å². The molecule has 0 saturated heterocycles. The Labute approximate surface area is 102 Å². The van der Waals surface area contributed by atoms with Gasteiger partial charge in [-0.2, -0.15) is 0 Å². The van der Waals surface area contributed by atoms with E-state index in [4.69, 9.17) is 10.6 Å². The van der Waals surface area contributed by atoms with Gasteiger partial charge < -0.3 is 10.1 Å². The molecule has 0 aromatic heterocycles. The zero-order valence-electron chi connectivity index (χ0n) is 10.4. The lowest BCUT2D eigenvalue weighted by molar-refractivity contribution is 0.317. The smallest absolute Gasteiger partial charge is 0.210 e. The molecule has 4 N–H and O–H groups in total. The molecule has 0 amide bonds. The fourth-order valence-electron chi connectivity index (χ4n) is 1.27. The van der Waals surface area contributed by atoms with E-state index in [-0.39, 0.29) is 0 Å². The Morgan fingerprint density at radius 3 is 2.53 bits per heavy atom. The molecule has 94 valence electrons. The maximum absolute atomic E-state index is 5.49. The summed E-state index contributed by atoms with van der Waals surface area (Å²) in [5, 5.41) is 3.07. The fourth-order valence-corrected chi connectivity index (χ4v) is 1.27. The van der Waals surface area contributed by atoms with Gasteiger partial charge in [0.15, 0.2) is 0 Å². The van der Waals surface area contributed by atoms with Crippen LogP contribution < -0.4 is 21.3 Å². The van der Waals surface area contributed by atoms with Gasteiger partial charge in [0.2, 0.25) is 5.96 Å². The first-order valence-corrected chi connectivity index (χ1v) is 5.81. The van der Waals surface area contributed by atoms with Crippen LogP contribution in [-0.4, -0.2) is 19.1 Å². The molecule has 0 aliphatic carbocycles. The number of hydrogen-bond acceptors (Lipinski definition) is 3. The highest BCUT2D eigenvalue weighted by atomic mass is 16.5. The first-order chi connectivity index (χ1) is 8.30. The molecular formula is C12H20N4O. The quantitative estimate of drug-likeness (QED) is 0.315. The van der Waals surface area contributed by atoms with Crippen molar-refractivity contribution in [2.24, 2.45) is 10.8 Å². The summed E-state index contributed by atoms with van der Waals surface area (Å²) in [4.78, 5) is 4.15. The molecule has 0 aliphatic rings. The molecule has 0 saturated carbocycles. The van der Waals surface area contributed by atoms with Crippen molar-refractivity contribution in [1.82, 2.24) is 5.43 Å². The molecule has 0 heterocycles. The highest BCUT2D eigenvalue weighted by molar-refractivity contribution is 5.93. The van der Waals surface area contributed by atoms with E-state index >= 15 is 0 Å². The van der Waals surface area contributed by atoms with Crippen LogP contribution in [0.25, 0.3) is 0 Å². The van der Waals surface area contributed by atoms with E-state index < -0.39 is 0 Å². The van der Waals surface area contributed by atoms with Crippen molar-refractivity contribution in [3.8, 4) is 5.75 Å². The maximum atomic E-state index is 5.49. The Balaban J connectivity index is 2.58. The SMILES string of the molecule is CCCOc1ccc(NC(=NCC)NN)cc1. The van der Waals surface area contributed by atoms with Gasteiger partial charge in [0.05, 0.1) is 6.61 Å². The maximum Gasteiger partial charge on any atom is 0.210 e. The second-order valence-electron chi connectivity index (χ2n) is 3.47. The summed E-state index contributed by atoms with van der Waals surface area (Å²) in [6.45, 7) is 5.43. The van der Waals surface area contributed by atoms with Crippen LogP contribution >= 0.6 is 0 Å². The third-order valence-electron chi connectivity index (χ3n) is 2.04. The highest BCUT2D eigenvalue weighted by Crippen LogP contribution is 2.15. The summed E-state index contributed by atoms with van der Waals surface area (Å²) < 4.78 is 5.49. The van der Waals surface area contributed by atoms with Gasteiger partial charge in [-0.25, -0.2) is 5.84 Å². The molecule has 5 heteroatoms. The van der Waals surface area contributed by atoms with E-state index in [9.17, 15) is 0 Å². The molecule has 5 nitrogen and oxygen atoms in total. The minimum absolute atomic E-state index is 0.551. The summed E-state index contributed by atoms with van der Waals surface area (Å²) in [6, 6.07) is 7.68. The summed E-state index contributed by atoms with van der Waals surface area (Å²) in [7, 11) is 0. The van der Waals surface area contributed by atoms with Crippen molar-refractivity contribution >= 4 is 11.6 Å². The summed E-state index contributed by atoms with van der Waals surface area (Å²) in [5.74, 6) is 6.75. The third kappa shape index (κ3) is 4.74. The van der Waals surface area contributed by atoms with Crippen LogP contribution in [0.15, 0.2) is 29.3 Å². The molecule has 1 aromatic carbocycles. The van der Waals surface area contributed by atoms with Gasteiger partial charge in [-0.15, -0.1) is 0 Å². The van der Waals surface area contributed by atoms with E-state index in [1.807, 2.05) is 31.2 Å². The summed E-state index contributed by atoms with van der Waals surface area (Å²) in [5.41, 5.74) is 3.42. The molecule has 17 heavy (non-hydrogen) atoms. The molecule has 0 spiro atoms. The van der Waals surface area contributed by atoms with Crippen molar-refractivity contribution in [3.63, 3.8) is 0 Å². The molecule has 0 bridgehead atoms. The number of nitrogens with zero attached hydrogens (tertiary/aromatic N) is 1. The number of guanidine groups is 1. The Morgan fingerprint density at radius 2 is 2.00 bits per heavy atom. The van der Waals surface area contributed by atoms with Gasteiger partial charge in [0, 0.05) is 12.2 Å². The van der Waals surface area contributed by atoms with E-state index in [2.05, 4.69) is 22.7 Å². The molecular weight excluding hydrogens is 216 g/mol. The average molecular weight is 236 g/mol. The second kappa shape index (κ2) is 7.51. The monoisotopic (exact) mass is 236 g/mol. The van der Waals surface area contributed by atoms with Crippen LogP contribution in [0.3, 0.4) is 0 Å². The Morgan fingerprint density at radius 1 is 1.29 bits per heavy atom. The topological polar surface area (TPSA) is 71.7 Å². The van der Waals surface area contributed by atoms with Crippen molar-refractivity contribution in [3.05, 3.63) is 24.3 Å². The predicted molar refractivity (Wildman–Crippen MR) is 71.1 cm³/mol. The molecule has 0 atom stereocenters. The number of hydrazine groups is 1. The number of benzene rings is 1. The number of hydrogen-bond donors (Lipinski definition) is 3. The molecule has 0 aliphatic heterocycles. The number of anilines is 1. The lowest BCUT2D eigenvalue weighted by Crippen LogP contribution is -2.36. The van der Waals surface area contributed by atoms with Crippen molar-refractivity contribution in [2.75, 3.05) is 18.5 Å². The highest BCUT2D eigenvalue weighted by Gasteiger charge is 1.98. The van der Waals surface area contributed by atoms with Gasteiger partial charge in [0.25, 0.3) is 0 Å². The largest absolute Gasteiger partial charge is 0.494 e. The summed E-state index contributed by atoms with van der Waals surface area (Å²) >= 11 is 0. The molecule has 1 aromatic rings. The van der Waals surface area contributed by atoms with Crippen molar-refractivity contribution < 1.29 is 4.74 Å². The minimum atomic E-state index is 0.551. The van der Waals surface area contributed by atoms with Crippen LogP contribution in [0.5, 0.6) is 5.75 Å². The number of ether oxygens (including phenoxy) is 1. The Bertz CT molecular complexity index is 348. The van der Waals surface area contributed by atoms with Gasteiger partial charge in [-0.3, -0.25) is 10.4 Å². The third-order valence-corrected chi connectivity index (χ3v) is 2.04. The number of aliphatic imine (C=N–C) groups is 1. The van der Waals surface area contributed by atoms with Crippen LogP contribution in [0, 0.1) is 0 Å². The van der Waals surface area contributed by atoms with Crippen LogP contribution in [0.4, 0.5) is 5.69 Å². The number of nitrogens with one attached hydrogen (secondary N) is 2. The minimum Gasteiger partial charge on any atom is -0.494 e. The van der Waals surface area contributed by atoms with Crippen LogP contribution in [0.2, 0.25) is 0 Å². The summed E-state index contributed by atoms with van der Waals surface area (Å²) in [6.07, 6.45) is 1.00. The van der Waals surface area contributed by atoms with Crippen molar-refractivity contribution in [1.29, 1.82) is 0 Å². The van der Waals surface area contributed by atoms with Crippen molar-refractivity contribution in [2.45, 2.75) is 20.3 Å². The second-order valence-corrected chi connectivity index (χ2v) is 3.47. The van der Waals surface area contributed by atoms with Gasteiger partial charge in [-0.1, -0.05) is 6.92 Å². The molecule has 0 unspecified atom stereocenters. The van der Waals surface area contributed by atoms with Gasteiger partial charge >= 0.3 is 0 Å². The molecule has 1 rings (SSSR count). The van der Waals surface area contributed by atoms with Gasteiger partial charge in [-0.05, 0) is 37.6 Å². The first kappa shape index (κ1) is 13.3. The molecule has 0 radical (unpaired) electrons. The zero-order chi connectivity index (χ0) is 12.5. The normalized spacial score (nSPS) is 11.1. The lowest BCUT2D eigenvalue weighted by atomic mass is 10.3. The Hall–Kier alpha value is -1.75. The van der Waals surface area contributed by atoms with Crippen LogP contribution in [-0.2, 0) is 0 Å². The fraction of sp³-hybridized carbons (Fsp3) is 0.417. The van der Waals surface area contributed by atoms with Crippen LogP contribution in [0.1, 0.15) is 20.3 Å². The van der Waals surface area contributed by atoms with E-state index in [0.717, 1.165) is 24.5 Å². The Kier molecular flexibility index (Phi) is 5.88. The predicted octanol–water partition coefficient (Wildman–Crippen LogP) is 1.73. The standard InChI is InChI=1S/C12H20N4O/c1-3-9-17-11-7-5-10(6-8-11)15-12(16-13)14-4-2/h5-8H,3-4,9,13H2,1-2H3,(H2,14,15,16).